The predicted octanol–water partition coefficient (Wildman–Crippen LogP) is 24.6. The molecule has 496 valence electrons. The van der Waals surface area contributed by atoms with Crippen LogP contribution in [0.5, 0.6) is 11.5 Å². The van der Waals surface area contributed by atoms with Crippen LogP contribution in [0.3, 0.4) is 0 Å². The van der Waals surface area contributed by atoms with E-state index in [1.165, 1.54) is 77.2 Å². The molecule has 0 spiro atoms. The maximum absolute atomic E-state index is 9.37. The number of ether oxygens (including phenoxy) is 2. The van der Waals surface area contributed by atoms with Crippen LogP contribution >= 0.6 is 38.6 Å². The Morgan fingerprint density at radius 1 is 0.443 bits per heavy atom. The van der Waals surface area contributed by atoms with Gasteiger partial charge in [-0.1, -0.05) is 263 Å². The molecule has 12 heteroatoms. The van der Waals surface area contributed by atoms with Gasteiger partial charge < -0.3 is 29.7 Å². The van der Waals surface area contributed by atoms with Crippen LogP contribution in [0, 0.1) is 41.5 Å². The third-order valence-electron chi connectivity index (χ3n) is 11.3. The second-order valence-corrected chi connectivity index (χ2v) is 19.2. The Kier molecular flexibility index (Phi) is 71.3. The smallest absolute Gasteiger partial charge is 0.488 e. The van der Waals surface area contributed by atoms with E-state index in [4.69, 9.17) is 29.7 Å². The van der Waals surface area contributed by atoms with Crippen LogP contribution in [0.2, 0.25) is 0 Å². The number of aliphatic carboxylic acids is 2. The van der Waals surface area contributed by atoms with E-state index in [9.17, 15) is 9.59 Å². The van der Waals surface area contributed by atoms with E-state index in [-0.39, 0.29) is 57.4 Å². The molecule has 0 amide bonds. The van der Waals surface area contributed by atoms with Gasteiger partial charge in [0.05, 0.1) is 3.79 Å². The summed E-state index contributed by atoms with van der Waals surface area (Å²) >= 11 is 7.16. The molecule has 88 heavy (non-hydrogen) atoms. The Balaban J connectivity index is -0.000000133. The summed E-state index contributed by atoms with van der Waals surface area (Å²) in [6.45, 7) is 41.4. The Morgan fingerprint density at radius 2 is 0.739 bits per heavy atom. The molecule has 0 bridgehead atoms. The number of aryl methyl sites for hydroxylation is 2. The molecule has 8 rings (SSSR count). The zero-order valence-corrected chi connectivity index (χ0v) is 56.3. The summed E-state index contributed by atoms with van der Waals surface area (Å²) in [7, 11) is -1.34. The summed E-state index contributed by atoms with van der Waals surface area (Å²) in [4.78, 5) is 20.0. The molecule has 4 N–H and O–H groups in total. The van der Waals surface area contributed by atoms with Crippen LogP contribution in [0.25, 0.3) is 32.7 Å². The molecule has 0 saturated heterocycles. The lowest BCUT2D eigenvalue weighted by molar-refractivity contribution is -0.137. The van der Waals surface area contributed by atoms with Crippen LogP contribution in [0.4, 0.5) is 0 Å². The highest BCUT2D eigenvalue weighted by atomic mass is 79.9. The van der Waals surface area contributed by atoms with Crippen molar-refractivity contribution in [2.24, 2.45) is 0 Å². The molecule has 6 aromatic carbocycles. The monoisotopic (exact) mass is 1320 g/mol. The molecule has 0 radical (unpaired) electrons. The molecule has 0 aliphatic heterocycles. The lowest BCUT2D eigenvalue weighted by Crippen LogP contribution is -2.29. The lowest BCUT2D eigenvalue weighted by atomic mass is 9.81. The van der Waals surface area contributed by atoms with Gasteiger partial charge in [0.1, 0.15) is 24.7 Å². The van der Waals surface area contributed by atoms with Crippen molar-refractivity contribution in [2.45, 2.75) is 209 Å². The number of hydrogen-bond acceptors (Lipinski definition) is 8. The van der Waals surface area contributed by atoms with Crippen molar-refractivity contribution in [3.05, 3.63) is 205 Å². The molecular formula is C76H122BBrO8S2. The van der Waals surface area contributed by atoms with Crippen molar-refractivity contribution in [3.63, 3.8) is 0 Å². The Labute approximate surface area is 556 Å². The largest absolute Gasteiger partial charge is 0.488 e. The average molecular weight is 1320 g/mol. The highest BCUT2D eigenvalue weighted by Gasteiger charge is 2.20. The van der Waals surface area contributed by atoms with E-state index in [2.05, 4.69) is 159 Å². The molecule has 0 aliphatic rings. The van der Waals surface area contributed by atoms with Crippen LogP contribution in [-0.2, 0) is 22.8 Å². The molecule has 0 fully saturated rings. The zero-order chi connectivity index (χ0) is 63.2. The van der Waals surface area contributed by atoms with Crippen molar-refractivity contribution < 1.29 is 39.3 Å². The first kappa shape index (κ1) is 101. The van der Waals surface area contributed by atoms with Gasteiger partial charge in [0.15, 0.2) is 0 Å². The van der Waals surface area contributed by atoms with E-state index in [1.54, 1.807) is 60.8 Å². The number of benzene rings is 6. The Hall–Kier alpha value is -6.28. The summed E-state index contributed by atoms with van der Waals surface area (Å²) in [5, 5.41) is 36.9. The van der Waals surface area contributed by atoms with Gasteiger partial charge in [0, 0.05) is 40.0 Å². The first-order chi connectivity index (χ1) is 39.6. The van der Waals surface area contributed by atoms with Crippen molar-refractivity contribution in [1.82, 2.24) is 0 Å². The summed E-state index contributed by atoms with van der Waals surface area (Å²) < 4.78 is 13.7. The van der Waals surface area contributed by atoms with Gasteiger partial charge in [-0.3, -0.25) is 9.59 Å². The zero-order valence-electron chi connectivity index (χ0n) is 53.0. The number of carboxylic acids is 2. The van der Waals surface area contributed by atoms with Crippen molar-refractivity contribution in [1.29, 1.82) is 0 Å². The second kappa shape index (κ2) is 62.3. The molecule has 2 aromatic heterocycles. The third-order valence-corrected chi connectivity index (χ3v) is 13.9. The minimum atomic E-state index is -1.34. The van der Waals surface area contributed by atoms with Gasteiger partial charge >= 0.3 is 19.1 Å². The topological polar surface area (TPSA) is 134 Å². The maximum atomic E-state index is 9.37. The molecular weight excluding hydrogens is 1200 g/mol. The molecule has 0 unspecified atom stereocenters. The fraction of sp³-hybridized carbons (Fsp3) is 0.395. The normalized spacial score (nSPS) is 8.44. The van der Waals surface area contributed by atoms with Gasteiger partial charge in [-0.25, -0.2) is 0 Å². The molecule has 0 aliphatic carbocycles. The number of thiophene rings is 2. The summed E-state index contributed by atoms with van der Waals surface area (Å²) in [5.74, 6) is 0.420. The number of halogens is 1. The van der Waals surface area contributed by atoms with E-state index >= 15 is 0 Å². The fourth-order valence-electron chi connectivity index (χ4n) is 6.87. The van der Waals surface area contributed by atoms with E-state index in [1.807, 2.05) is 113 Å². The Morgan fingerprint density at radius 3 is 1.03 bits per heavy atom. The molecule has 2 heterocycles. The standard InChI is InChI=1S/C26H24OS.C20H19BrOS.C6H7BO2.2C3H6O2.6C2H6.6CH4/c1-18-16-24(27-17-21-10-6-4-7-11-21)25(20(3)19(18)2)23-14-15-28-26(23)22-12-8-5-9-13-22;1-13-11-18(22-12-16-7-5-4-6-8-16)19(15(3)14(13)2)17-9-10-23-20(17)21;8-7(9)6-4-2-1-3-5-6;2*1-2-3(4)5;6*1-2;;;;;;/h4-16H,17H2,1-3H3;4-11H,12H2,1-3H3;1-5,8-9H;2*2H2,1H3,(H,4,5);6*1-2H3;6*1H4. The minimum absolute atomic E-state index is 0. The number of carbonyl (C=O) groups is 2. The third kappa shape index (κ3) is 36.9. The average Bonchev–Trinajstić information content (AvgIpc) is 1.58. The van der Waals surface area contributed by atoms with Crippen LogP contribution < -0.4 is 14.9 Å². The molecule has 8 aromatic rings. The maximum Gasteiger partial charge on any atom is 0.488 e. The van der Waals surface area contributed by atoms with Gasteiger partial charge in [0.2, 0.25) is 0 Å². The molecule has 0 saturated carbocycles. The predicted molar refractivity (Wildman–Crippen MR) is 403 cm³/mol. The van der Waals surface area contributed by atoms with Crippen molar-refractivity contribution >= 4 is 63.1 Å². The first-order valence-electron chi connectivity index (χ1n) is 28.8. The fourth-order valence-corrected chi connectivity index (χ4v) is 9.06. The van der Waals surface area contributed by atoms with Gasteiger partial charge in [-0.2, -0.15) is 0 Å². The number of carboxylic acid groups (broad SMARTS) is 2. The minimum Gasteiger partial charge on any atom is -0.488 e. The summed E-state index contributed by atoms with van der Waals surface area (Å²) in [6.07, 6.45) is 0.444. The van der Waals surface area contributed by atoms with Crippen LogP contribution in [0.1, 0.15) is 199 Å². The lowest BCUT2D eigenvalue weighted by Gasteiger charge is -2.19. The summed E-state index contributed by atoms with van der Waals surface area (Å²) in [6, 6.07) is 48.6. The summed E-state index contributed by atoms with van der Waals surface area (Å²) in [5.41, 5.74) is 16.7. The quantitative estimate of drug-likeness (QED) is 0.0889. The van der Waals surface area contributed by atoms with Crippen molar-refractivity contribution in [2.75, 3.05) is 0 Å². The second-order valence-electron chi connectivity index (χ2n) is 16.1. The van der Waals surface area contributed by atoms with Gasteiger partial charge in [-0.15, -0.1) is 22.7 Å². The SMILES string of the molecule is C.C.C.C.C.C.CC.CC.CC.CC.CC.CC.CCC(=O)O.CCC(=O)O.Cc1cc(OCc2ccccc2)c(-c2ccsc2-c2ccccc2)c(C)c1C.Cc1cc(OCc2ccccc2)c(-c2ccsc2Br)c(C)c1C.OB(O)c1ccccc1. The van der Waals surface area contributed by atoms with E-state index in [0.29, 0.717) is 18.7 Å². The molecule has 8 nitrogen and oxygen atoms in total. The highest BCUT2D eigenvalue weighted by molar-refractivity contribution is 9.11. The molecule has 0 atom stereocenters. The highest BCUT2D eigenvalue weighted by Crippen LogP contribution is 2.45. The Bertz CT molecular complexity index is 2840. The number of rotatable bonds is 12. The first-order valence-corrected chi connectivity index (χ1v) is 31.4. The van der Waals surface area contributed by atoms with Crippen LogP contribution in [0.15, 0.2) is 160 Å². The van der Waals surface area contributed by atoms with Crippen molar-refractivity contribution in [3.8, 4) is 44.2 Å². The number of hydrogen-bond donors (Lipinski definition) is 4. The van der Waals surface area contributed by atoms with E-state index < -0.39 is 19.1 Å². The van der Waals surface area contributed by atoms with E-state index in [0.717, 1.165) is 15.3 Å². The van der Waals surface area contributed by atoms with Gasteiger partial charge in [0.25, 0.3) is 0 Å². The van der Waals surface area contributed by atoms with Gasteiger partial charge in [-0.05, 0) is 148 Å². The van der Waals surface area contributed by atoms with Crippen LogP contribution in [-0.4, -0.2) is 39.3 Å².